The van der Waals surface area contributed by atoms with Crippen LogP contribution in [0, 0.1) is 0 Å². The van der Waals surface area contributed by atoms with Crippen molar-refractivity contribution in [3.8, 4) is 5.75 Å². The van der Waals surface area contributed by atoms with Crippen molar-refractivity contribution in [2.45, 2.75) is 25.9 Å². The molecule has 0 aliphatic carbocycles. The van der Waals surface area contributed by atoms with Crippen LogP contribution in [0.3, 0.4) is 0 Å². The number of methoxy groups -OCH3 is 1. The first-order valence-electron chi connectivity index (χ1n) is 6.11. The molecule has 18 heavy (non-hydrogen) atoms. The van der Waals surface area contributed by atoms with Gasteiger partial charge in [0.15, 0.2) is 5.60 Å². The number of carbonyl (C=O) groups excluding carboxylic acids is 1. The van der Waals surface area contributed by atoms with E-state index in [1.165, 1.54) is 0 Å². The summed E-state index contributed by atoms with van der Waals surface area (Å²) < 4.78 is 16.1. The fourth-order valence-corrected chi connectivity index (χ4v) is 2.33. The van der Waals surface area contributed by atoms with Gasteiger partial charge in [0.05, 0.1) is 20.3 Å². The molecule has 0 amide bonds. The highest BCUT2D eigenvalue weighted by Crippen LogP contribution is 2.38. The summed E-state index contributed by atoms with van der Waals surface area (Å²) in [7, 11) is 1.63. The average molecular weight is 250 g/mol. The van der Waals surface area contributed by atoms with Gasteiger partial charge in [-0.2, -0.15) is 0 Å². The maximum atomic E-state index is 12.1. The van der Waals surface area contributed by atoms with Gasteiger partial charge in [0.2, 0.25) is 0 Å². The van der Waals surface area contributed by atoms with E-state index in [0.717, 1.165) is 23.3 Å². The Balaban J connectivity index is 2.47. The van der Waals surface area contributed by atoms with Gasteiger partial charge in [-0.05, 0) is 26.3 Å². The SMILES string of the molecule is CCOC(=O)C1(C)OCCc2c(OC)cccc21. The minimum atomic E-state index is -1.03. The van der Waals surface area contributed by atoms with Gasteiger partial charge in [-0.15, -0.1) is 0 Å². The Kier molecular flexibility index (Phi) is 3.57. The van der Waals surface area contributed by atoms with E-state index in [1.54, 1.807) is 21.0 Å². The third kappa shape index (κ3) is 1.97. The first-order chi connectivity index (χ1) is 8.63. The van der Waals surface area contributed by atoms with Gasteiger partial charge in [-0.25, -0.2) is 4.79 Å². The van der Waals surface area contributed by atoms with E-state index in [1.807, 2.05) is 18.2 Å². The standard InChI is InChI=1S/C14H18O4/c1-4-17-13(15)14(2)11-6-5-7-12(16-3)10(11)8-9-18-14/h5-7H,4,8-9H2,1-3H3. The summed E-state index contributed by atoms with van der Waals surface area (Å²) in [5, 5.41) is 0. The van der Waals surface area contributed by atoms with Crippen LogP contribution in [0.25, 0.3) is 0 Å². The van der Waals surface area contributed by atoms with Crippen LogP contribution < -0.4 is 4.74 Å². The summed E-state index contributed by atoms with van der Waals surface area (Å²) in [5.41, 5.74) is 0.839. The lowest BCUT2D eigenvalue weighted by Gasteiger charge is -2.34. The molecule has 1 unspecified atom stereocenters. The number of ether oxygens (including phenoxy) is 3. The molecule has 0 saturated carbocycles. The molecule has 0 saturated heterocycles. The van der Waals surface area contributed by atoms with E-state index >= 15 is 0 Å². The second-order valence-electron chi connectivity index (χ2n) is 4.34. The Morgan fingerprint density at radius 2 is 2.28 bits per heavy atom. The molecule has 4 heteroatoms. The molecule has 1 atom stereocenters. The monoisotopic (exact) mass is 250 g/mol. The van der Waals surface area contributed by atoms with Crippen molar-refractivity contribution in [3.63, 3.8) is 0 Å². The minimum Gasteiger partial charge on any atom is -0.496 e. The molecular formula is C14H18O4. The van der Waals surface area contributed by atoms with Crippen LogP contribution in [0.1, 0.15) is 25.0 Å². The number of fused-ring (bicyclic) bond motifs is 1. The van der Waals surface area contributed by atoms with E-state index in [0.29, 0.717) is 13.2 Å². The zero-order chi connectivity index (χ0) is 13.2. The van der Waals surface area contributed by atoms with Crippen molar-refractivity contribution >= 4 is 5.97 Å². The van der Waals surface area contributed by atoms with Gasteiger partial charge < -0.3 is 14.2 Å². The third-order valence-corrected chi connectivity index (χ3v) is 3.27. The topological polar surface area (TPSA) is 44.8 Å². The highest BCUT2D eigenvalue weighted by molar-refractivity contribution is 5.82. The van der Waals surface area contributed by atoms with Crippen LogP contribution >= 0.6 is 0 Å². The van der Waals surface area contributed by atoms with Gasteiger partial charge in [0.25, 0.3) is 0 Å². The molecule has 0 fully saturated rings. The average Bonchev–Trinajstić information content (AvgIpc) is 2.39. The van der Waals surface area contributed by atoms with E-state index in [2.05, 4.69) is 0 Å². The maximum Gasteiger partial charge on any atom is 0.342 e. The Morgan fingerprint density at radius 3 is 2.94 bits per heavy atom. The Bertz CT molecular complexity index is 455. The van der Waals surface area contributed by atoms with E-state index in [-0.39, 0.29) is 5.97 Å². The van der Waals surface area contributed by atoms with Crippen LogP contribution in [-0.2, 0) is 26.3 Å². The van der Waals surface area contributed by atoms with Crippen molar-refractivity contribution in [1.82, 2.24) is 0 Å². The van der Waals surface area contributed by atoms with Crippen molar-refractivity contribution in [3.05, 3.63) is 29.3 Å². The normalized spacial score (nSPS) is 22.2. The van der Waals surface area contributed by atoms with Crippen molar-refractivity contribution in [2.75, 3.05) is 20.3 Å². The molecular weight excluding hydrogens is 232 g/mol. The van der Waals surface area contributed by atoms with Gasteiger partial charge >= 0.3 is 5.97 Å². The Labute approximate surface area is 107 Å². The predicted octanol–water partition coefficient (Wildman–Crippen LogP) is 2.05. The molecule has 1 aromatic carbocycles. The minimum absolute atomic E-state index is 0.344. The molecule has 0 N–H and O–H groups in total. The second-order valence-corrected chi connectivity index (χ2v) is 4.34. The zero-order valence-electron chi connectivity index (χ0n) is 11.0. The molecule has 0 aromatic heterocycles. The molecule has 1 aromatic rings. The lowest BCUT2D eigenvalue weighted by atomic mass is 9.87. The summed E-state index contributed by atoms with van der Waals surface area (Å²) in [6.07, 6.45) is 0.744. The molecule has 1 heterocycles. The smallest absolute Gasteiger partial charge is 0.342 e. The summed E-state index contributed by atoms with van der Waals surface area (Å²) >= 11 is 0. The van der Waals surface area contributed by atoms with Crippen molar-refractivity contribution < 1.29 is 19.0 Å². The fourth-order valence-electron chi connectivity index (χ4n) is 2.33. The molecule has 1 aliphatic rings. The number of benzene rings is 1. The Morgan fingerprint density at radius 1 is 1.50 bits per heavy atom. The number of rotatable bonds is 3. The van der Waals surface area contributed by atoms with E-state index in [4.69, 9.17) is 14.2 Å². The van der Waals surface area contributed by atoms with E-state index < -0.39 is 5.60 Å². The summed E-state index contributed by atoms with van der Waals surface area (Å²) in [4.78, 5) is 12.1. The zero-order valence-corrected chi connectivity index (χ0v) is 11.0. The van der Waals surface area contributed by atoms with Crippen LogP contribution in [0.2, 0.25) is 0 Å². The molecule has 0 spiro atoms. The summed E-state index contributed by atoms with van der Waals surface area (Å²) in [6, 6.07) is 5.66. The highest BCUT2D eigenvalue weighted by atomic mass is 16.6. The first-order valence-corrected chi connectivity index (χ1v) is 6.11. The largest absolute Gasteiger partial charge is 0.496 e. The fraction of sp³-hybridized carbons (Fsp3) is 0.500. The predicted molar refractivity (Wildman–Crippen MR) is 66.6 cm³/mol. The number of hydrogen-bond donors (Lipinski definition) is 0. The molecule has 0 bridgehead atoms. The van der Waals surface area contributed by atoms with E-state index in [9.17, 15) is 4.79 Å². The lowest BCUT2D eigenvalue weighted by molar-refractivity contribution is -0.173. The molecule has 1 aliphatic heterocycles. The lowest BCUT2D eigenvalue weighted by Crippen LogP contribution is -2.41. The number of esters is 1. The summed E-state index contributed by atoms with van der Waals surface area (Å²) in [6.45, 7) is 4.37. The molecule has 2 rings (SSSR count). The third-order valence-electron chi connectivity index (χ3n) is 3.27. The number of hydrogen-bond acceptors (Lipinski definition) is 4. The highest BCUT2D eigenvalue weighted by Gasteiger charge is 2.42. The second kappa shape index (κ2) is 4.98. The molecule has 4 nitrogen and oxygen atoms in total. The molecule has 0 radical (unpaired) electrons. The van der Waals surface area contributed by atoms with Crippen LogP contribution in [0.4, 0.5) is 0 Å². The summed E-state index contributed by atoms with van der Waals surface area (Å²) in [5.74, 6) is 0.450. The van der Waals surface area contributed by atoms with Crippen molar-refractivity contribution in [1.29, 1.82) is 0 Å². The Hall–Kier alpha value is -1.55. The quantitative estimate of drug-likeness (QED) is 0.770. The molecule has 98 valence electrons. The first kappa shape index (κ1) is 12.9. The van der Waals surface area contributed by atoms with Gasteiger partial charge in [0, 0.05) is 11.1 Å². The van der Waals surface area contributed by atoms with Crippen LogP contribution in [0.15, 0.2) is 18.2 Å². The van der Waals surface area contributed by atoms with Crippen molar-refractivity contribution in [2.24, 2.45) is 0 Å². The van der Waals surface area contributed by atoms with Crippen LogP contribution in [-0.4, -0.2) is 26.3 Å². The van der Waals surface area contributed by atoms with Gasteiger partial charge in [-0.3, -0.25) is 0 Å². The van der Waals surface area contributed by atoms with Crippen LogP contribution in [0.5, 0.6) is 5.75 Å². The number of carbonyl (C=O) groups is 1. The maximum absolute atomic E-state index is 12.1. The van der Waals surface area contributed by atoms with Gasteiger partial charge in [-0.1, -0.05) is 12.1 Å². The van der Waals surface area contributed by atoms with Gasteiger partial charge in [0.1, 0.15) is 5.75 Å².